The first-order valence-corrected chi connectivity index (χ1v) is 6.12. The molecule has 0 nitrogen and oxygen atoms in total. The molecule has 0 spiro atoms. The first-order valence-electron chi connectivity index (χ1n) is 5.59. The van der Waals surface area contributed by atoms with E-state index in [0.717, 1.165) is 12.0 Å². The molecule has 0 aromatic heterocycles. The Kier molecular flexibility index (Phi) is 5.70. The zero-order valence-corrected chi connectivity index (χ0v) is 9.93. The first kappa shape index (κ1) is 12.5. The van der Waals surface area contributed by atoms with Gasteiger partial charge < -0.3 is 0 Å². The third-order valence-corrected chi connectivity index (χ3v) is 3.06. The van der Waals surface area contributed by atoms with Crippen LogP contribution in [0.5, 0.6) is 0 Å². The molecular formula is C13H18ClF. The molecule has 84 valence electrons. The highest BCUT2D eigenvalue weighted by Crippen LogP contribution is 2.24. The molecule has 0 aliphatic carbocycles. The molecule has 0 fully saturated rings. The smallest absolute Gasteiger partial charge is 0.123 e. The molecule has 1 unspecified atom stereocenters. The summed E-state index contributed by atoms with van der Waals surface area (Å²) < 4.78 is 12.7. The van der Waals surface area contributed by atoms with Crippen LogP contribution in [0.4, 0.5) is 4.39 Å². The lowest BCUT2D eigenvalue weighted by Gasteiger charge is -2.13. The number of hydrogen-bond donors (Lipinski definition) is 0. The van der Waals surface area contributed by atoms with Gasteiger partial charge in [-0.3, -0.25) is 0 Å². The van der Waals surface area contributed by atoms with Crippen LogP contribution in [-0.2, 0) is 0 Å². The number of unbranched alkanes of at least 4 members (excludes halogenated alkanes) is 2. The Hall–Kier alpha value is -0.560. The minimum atomic E-state index is -0.180. The highest BCUT2D eigenvalue weighted by molar-refractivity contribution is 6.18. The van der Waals surface area contributed by atoms with Gasteiger partial charge in [-0.15, -0.1) is 11.6 Å². The molecule has 0 aliphatic rings. The van der Waals surface area contributed by atoms with Crippen molar-refractivity contribution >= 4 is 11.6 Å². The van der Waals surface area contributed by atoms with E-state index < -0.39 is 0 Å². The summed E-state index contributed by atoms with van der Waals surface area (Å²) in [7, 11) is 0. The van der Waals surface area contributed by atoms with Crippen molar-refractivity contribution in [1.82, 2.24) is 0 Å². The van der Waals surface area contributed by atoms with Crippen LogP contribution in [0.25, 0.3) is 0 Å². The summed E-state index contributed by atoms with van der Waals surface area (Å²) in [4.78, 5) is 0. The summed E-state index contributed by atoms with van der Waals surface area (Å²) in [6.45, 7) is 2.19. The van der Waals surface area contributed by atoms with E-state index in [1.807, 2.05) is 12.1 Å². The normalized spacial score (nSPS) is 12.7. The molecule has 1 aromatic rings. The zero-order valence-electron chi connectivity index (χ0n) is 9.18. The van der Waals surface area contributed by atoms with Crippen LogP contribution in [0.3, 0.4) is 0 Å². The standard InChI is InChI=1S/C13H18ClF/c1-2-3-4-5-12(10-14)11-6-8-13(15)9-7-11/h6-9,12H,2-5,10H2,1H3. The van der Waals surface area contributed by atoms with Crippen molar-refractivity contribution in [3.8, 4) is 0 Å². The number of alkyl halides is 1. The lowest BCUT2D eigenvalue weighted by Crippen LogP contribution is -2.00. The molecule has 0 radical (unpaired) electrons. The van der Waals surface area contributed by atoms with Gasteiger partial charge in [0.1, 0.15) is 5.82 Å². The molecule has 0 heterocycles. The topological polar surface area (TPSA) is 0 Å². The SMILES string of the molecule is CCCCCC(CCl)c1ccc(F)cc1. The van der Waals surface area contributed by atoms with Crippen LogP contribution in [0.15, 0.2) is 24.3 Å². The van der Waals surface area contributed by atoms with Gasteiger partial charge in [-0.1, -0.05) is 38.3 Å². The van der Waals surface area contributed by atoms with Gasteiger partial charge in [-0.05, 0) is 30.0 Å². The summed E-state index contributed by atoms with van der Waals surface area (Å²) in [5, 5.41) is 0. The van der Waals surface area contributed by atoms with Gasteiger partial charge in [0.15, 0.2) is 0 Å². The molecule has 1 atom stereocenters. The van der Waals surface area contributed by atoms with Gasteiger partial charge in [0, 0.05) is 5.88 Å². The Morgan fingerprint density at radius 3 is 2.40 bits per heavy atom. The summed E-state index contributed by atoms with van der Waals surface area (Å²) in [5.74, 6) is 0.814. The predicted octanol–water partition coefficient (Wildman–Crippen LogP) is 4.73. The Labute approximate surface area is 96.5 Å². The van der Waals surface area contributed by atoms with E-state index >= 15 is 0 Å². The molecular weight excluding hydrogens is 211 g/mol. The van der Waals surface area contributed by atoms with Crippen LogP contribution < -0.4 is 0 Å². The second-order valence-electron chi connectivity index (χ2n) is 3.90. The van der Waals surface area contributed by atoms with Crippen LogP contribution in [-0.4, -0.2) is 5.88 Å². The molecule has 0 amide bonds. The fourth-order valence-corrected chi connectivity index (χ4v) is 2.04. The van der Waals surface area contributed by atoms with Gasteiger partial charge >= 0.3 is 0 Å². The van der Waals surface area contributed by atoms with Crippen molar-refractivity contribution in [3.05, 3.63) is 35.6 Å². The minimum Gasteiger partial charge on any atom is -0.207 e. The number of halogens is 2. The predicted molar refractivity (Wildman–Crippen MR) is 64.0 cm³/mol. The Bertz CT molecular complexity index is 268. The van der Waals surface area contributed by atoms with Crippen molar-refractivity contribution < 1.29 is 4.39 Å². The molecule has 0 aliphatic heterocycles. The minimum absolute atomic E-state index is 0.180. The van der Waals surface area contributed by atoms with Crippen molar-refractivity contribution in [1.29, 1.82) is 0 Å². The number of hydrogen-bond acceptors (Lipinski definition) is 0. The van der Waals surface area contributed by atoms with Gasteiger partial charge in [-0.2, -0.15) is 0 Å². The molecule has 0 bridgehead atoms. The molecule has 1 rings (SSSR count). The van der Waals surface area contributed by atoms with E-state index in [-0.39, 0.29) is 5.82 Å². The molecule has 0 saturated heterocycles. The lowest BCUT2D eigenvalue weighted by molar-refractivity contribution is 0.596. The van der Waals surface area contributed by atoms with Crippen LogP contribution >= 0.6 is 11.6 Å². The fourth-order valence-electron chi connectivity index (χ4n) is 1.71. The maximum Gasteiger partial charge on any atom is 0.123 e. The van der Waals surface area contributed by atoms with Crippen molar-refractivity contribution in [2.24, 2.45) is 0 Å². The van der Waals surface area contributed by atoms with E-state index in [1.165, 1.54) is 31.4 Å². The summed E-state index contributed by atoms with van der Waals surface area (Å²) in [6.07, 6.45) is 4.77. The third kappa shape index (κ3) is 4.21. The molecule has 15 heavy (non-hydrogen) atoms. The second-order valence-corrected chi connectivity index (χ2v) is 4.21. The van der Waals surface area contributed by atoms with E-state index in [2.05, 4.69) is 6.92 Å². The van der Waals surface area contributed by atoms with Crippen LogP contribution in [0, 0.1) is 5.82 Å². The van der Waals surface area contributed by atoms with Crippen LogP contribution in [0.2, 0.25) is 0 Å². The van der Waals surface area contributed by atoms with E-state index in [4.69, 9.17) is 11.6 Å². The number of benzene rings is 1. The first-order chi connectivity index (χ1) is 7.27. The third-order valence-electron chi connectivity index (χ3n) is 2.68. The van der Waals surface area contributed by atoms with E-state index in [1.54, 1.807) is 0 Å². The molecule has 0 N–H and O–H groups in total. The average molecular weight is 229 g/mol. The summed E-state index contributed by atoms with van der Waals surface area (Å²) >= 11 is 5.93. The van der Waals surface area contributed by atoms with Gasteiger partial charge in [0.25, 0.3) is 0 Å². The zero-order chi connectivity index (χ0) is 11.1. The second kappa shape index (κ2) is 6.84. The summed E-state index contributed by atoms with van der Waals surface area (Å²) in [6, 6.07) is 6.70. The molecule has 0 saturated carbocycles. The van der Waals surface area contributed by atoms with E-state index in [9.17, 15) is 4.39 Å². The molecule has 1 aromatic carbocycles. The maximum absolute atomic E-state index is 12.7. The highest BCUT2D eigenvalue weighted by Gasteiger charge is 2.09. The Morgan fingerprint density at radius 1 is 1.20 bits per heavy atom. The van der Waals surface area contributed by atoms with Crippen LogP contribution in [0.1, 0.15) is 44.1 Å². The van der Waals surface area contributed by atoms with Crippen molar-refractivity contribution in [2.75, 3.05) is 5.88 Å². The largest absolute Gasteiger partial charge is 0.207 e. The van der Waals surface area contributed by atoms with Gasteiger partial charge in [0.05, 0.1) is 0 Å². The monoisotopic (exact) mass is 228 g/mol. The number of rotatable bonds is 6. The van der Waals surface area contributed by atoms with Gasteiger partial charge in [0.2, 0.25) is 0 Å². The van der Waals surface area contributed by atoms with E-state index in [0.29, 0.717) is 11.8 Å². The summed E-state index contributed by atoms with van der Waals surface area (Å²) in [5.41, 5.74) is 1.16. The highest BCUT2D eigenvalue weighted by atomic mass is 35.5. The lowest BCUT2D eigenvalue weighted by atomic mass is 9.95. The maximum atomic E-state index is 12.7. The van der Waals surface area contributed by atoms with Crippen molar-refractivity contribution in [2.45, 2.75) is 38.5 Å². The van der Waals surface area contributed by atoms with Gasteiger partial charge in [-0.25, -0.2) is 4.39 Å². The van der Waals surface area contributed by atoms with Crippen molar-refractivity contribution in [3.63, 3.8) is 0 Å². The Balaban J connectivity index is 2.53. The molecule has 2 heteroatoms. The average Bonchev–Trinajstić information content (AvgIpc) is 2.26. The quantitative estimate of drug-likeness (QED) is 0.488. The Morgan fingerprint density at radius 2 is 1.87 bits per heavy atom. The fraction of sp³-hybridized carbons (Fsp3) is 0.538.